The van der Waals surface area contributed by atoms with Gasteiger partial charge in [0, 0.05) is 23.8 Å². The summed E-state index contributed by atoms with van der Waals surface area (Å²) in [6, 6.07) is 13.0. The van der Waals surface area contributed by atoms with Gasteiger partial charge in [-0.15, -0.1) is 0 Å². The first-order chi connectivity index (χ1) is 11.6. The summed E-state index contributed by atoms with van der Waals surface area (Å²) >= 11 is 11.9. The second kappa shape index (κ2) is 7.88. The molecule has 2 aromatic rings. The van der Waals surface area contributed by atoms with Gasteiger partial charge in [-0.3, -0.25) is 4.79 Å². The fourth-order valence-electron chi connectivity index (χ4n) is 2.62. The minimum Gasteiger partial charge on any atom is -0.378 e. The third-order valence-electron chi connectivity index (χ3n) is 3.88. The van der Waals surface area contributed by atoms with E-state index in [1.54, 1.807) is 18.2 Å². The largest absolute Gasteiger partial charge is 0.378 e. The van der Waals surface area contributed by atoms with Crippen LogP contribution in [0.4, 0.5) is 11.4 Å². The SMILES string of the molecule is O=C(Cc1ccc(N2CCOCC2)cc1)Nc1ccc(Cl)cc1Cl. The molecule has 1 N–H and O–H groups in total. The Bertz CT molecular complexity index is 713. The molecule has 0 saturated carbocycles. The number of nitrogens with one attached hydrogen (secondary N) is 1. The van der Waals surface area contributed by atoms with Gasteiger partial charge >= 0.3 is 0 Å². The Morgan fingerprint density at radius 3 is 2.46 bits per heavy atom. The Morgan fingerprint density at radius 1 is 1.08 bits per heavy atom. The van der Waals surface area contributed by atoms with Crippen molar-refractivity contribution in [1.82, 2.24) is 0 Å². The normalized spacial score (nSPS) is 14.5. The lowest BCUT2D eigenvalue weighted by atomic mass is 10.1. The van der Waals surface area contributed by atoms with Crippen molar-refractivity contribution in [2.75, 3.05) is 36.5 Å². The minimum absolute atomic E-state index is 0.113. The molecule has 1 aliphatic heterocycles. The highest BCUT2D eigenvalue weighted by molar-refractivity contribution is 6.36. The number of hydrogen-bond donors (Lipinski definition) is 1. The van der Waals surface area contributed by atoms with Crippen molar-refractivity contribution in [3.05, 3.63) is 58.1 Å². The van der Waals surface area contributed by atoms with E-state index in [9.17, 15) is 4.79 Å². The molecular formula is C18H18Cl2N2O2. The van der Waals surface area contributed by atoms with Crippen LogP contribution in [0, 0.1) is 0 Å². The van der Waals surface area contributed by atoms with Crippen LogP contribution < -0.4 is 10.2 Å². The zero-order chi connectivity index (χ0) is 16.9. The number of halogens is 2. The van der Waals surface area contributed by atoms with Gasteiger partial charge in [-0.1, -0.05) is 35.3 Å². The van der Waals surface area contributed by atoms with E-state index in [1.165, 1.54) is 0 Å². The van der Waals surface area contributed by atoms with E-state index in [1.807, 2.05) is 24.3 Å². The van der Waals surface area contributed by atoms with Crippen molar-refractivity contribution >= 4 is 40.5 Å². The molecule has 6 heteroatoms. The summed E-state index contributed by atoms with van der Waals surface area (Å²) in [5.74, 6) is -0.113. The van der Waals surface area contributed by atoms with E-state index < -0.39 is 0 Å². The van der Waals surface area contributed by atoms with E-state index >= 15 is 0 Å². The first-order valence-corrected chi connectivity index (χ1v) is 8.54. The van der Waals surface area contributed by atoms with Crippen LogP contribution in [-0.2, 0) is 16.0 Å². The maximum absolute atomic E-state index is 12.2. The number of benzene rings is 2. The Hall–Kier alpha value is -1.75. The van der Waals surface area contributed by atoms with Crippen molar-refractivity contribution in [3.8, 4) is 0 Å². The number of anilines is 2. The van der Waals surface area contributed by atoms with Gasteiger partial charge in [-0.05, 0) is 35.9 Å². The molecule has 1 saturated heterocycles. The van der Waals surface area contributed by atoms with E-state index in [2.05, 4.69) is 10.2 Å². The Kier molecular flexibility index (Phi) is 5.61. The lowest BCUT2D eigenvalue weighted by Crippen LogP contribution is -2.36. The van der Waals surface area contributed by atoms with E-state index in [4.69, 9.17) is 27.9 Å². The summed E-state index contributed by atoms with van der Waals surface area (Å²) in [7, 11) is 0. The fourth-order valence-corrected chi connectivity index (χ4v) is 3.07. The minimum atomic E-state index is -0.113. The lowest BCUT2D eigenvalue weighted by Gasteiger charge is -2.28. The quantitative estimate of drug-likeness (QED) is 0.890. The highest BCUT2D eigenvalue weighted by atomic mass is 35.5. The summed E-state index contributed by atoms with van der Waals surface area (Å²) < 4.78 is 5.36. The van der Waals surface area contributed by atoms with Crippen LogP contribution >= 0.6 is 23.2 Å². The number of amides is 1. The standard InChI is InChI=1S/C18H18Cl2N2O2/c19-14-3-6-17(16(20)12-14)21-18(23)11-13-1-4-15(5-2-13)22-7-9-24-10-8-22/h1-6,12H,7-11H2,(H,21,23). The summed E-state index contributed by atoms with van der Waals surface area (Å²) in [4.78, 5) is 14.5. The van der Waals surface area contributed by atoms with Crippen molar-refractivity contribution in [2.45, 2.75) is 6.42 Å². The van der Waals surface area contributed by atoms with Gasteiger partial charge in [0.15, 0.2) is 0 Å². The molecule has 1 fully saturated rings. The molecule has 0 bridgehead atoms. The number of ether oxygens (including phenoxy) is 1. The van der Waals surface area contributed by atoms with E-state index in [0.29, 0.717) is 22.2 Å². The number of carbonyl (C=O) groups is 1. The van der Waals surface area contributed by atoms with Gasteiger partial charge in [-0.2, -0.15) is 0 Å². The van der Waals surface area contributed by atoms with E-state index in [-0.39, 0.29) is 5.91 Å². The molecule has 2 aromatic carbocycles. The molecule has 0 aliphatic carbocycles. The van der Waals surface area contributed by atoms with Gasteiger partial charge in [0.1, 0.15) is 0 Å². The van der Waals surface area contributed by atoms with Gasteiger partial charge in [0.25, 0.3) is 0 Å². The average molecular weight is 365 g/mol. The highest BCUT2D eigenvalue weighted by Crippen LogP contribution is 2.25. The molecule has 1 aliphatic rings. The van der Waals surface area contributed by atoms with Crippen molar-refractivity contribution in [3.63, 3.8) is 0 Å². The third-order valence-corrected chi connectivity index (χ3v) is 4.43. The van der Waals surface area contributed by atoms with E-state index in [0.717, 1.165) is 37.6 Å². The smallest absolute Gasteiger partial charge is 0.228 e. The van der Waals surface area contributed by atoms with Gasteiger partial charge in [0.05, 0.1) is 30.3 Å². The molecule has 0 spiro atoms. The Balaban J connectivity index is 1.59. The zero-order valence-corrected chi connectivity index (χ0v) is 14.6. The summed E-state index contributed by atoms with van der Waals surface area (Å²) in [6.45, 7) is 3.31. The fraction of sp³-hybridized carbons (Fsp3) is 0.278. The second-order valence-corrected chi connectivity index (χ2v) is 6.46. The van der Waals surface area contributed by atoms with Crippen LogP contribution in [0.5, 0.6) is 0 Å². The average Bonchev–Trinajstić information content (AvgIpc) is 2.59. The van der Waals surface area contributed by atoms with Crippen LogP contribution in [0.3, 0.4) is 0 Å². The third kappa shape index (κ3) is 4.41. The van der Waals surface area contributed by atoms with Crippen molar-refractivity contribution in [2.24, 2.45) is 0 Å². The molecule has 126 valence electrons. The van der Waals surface area contributed by atoms with Gasteiger partial charge < -0.3 is 15.0 Å². The predicted octanol–water partition coefficient (Wildman–Crippen LogP) is 4.01. The number of morpholine rings is 1. The van der Waals surface area contributed by atoms with Crippen LogP contribution in [0.15, 0.2) is 42.5 Å². The number of nitrogens with zero attached hydrogens (tertiary/aromatic N) is 1. The summed E-state index contributed by atoms with van der Waals surface area (Å²) in [5.41, 5.74) is 2.67. The topological polar surface area (TPSA) is 41.6 Å². The molecule has 4 nitrogen and oxygen atoms in total. The van der Waals surface area contributed by atoms with Gasteiger partial charge in [-0.25, -0.2) is 0 Å². The number of rotatable bonds is 4. The maximum atomic E-state index is 12.2. The first kappa shape index (κ1) is 17.1. The summed E-state index contributed by atoms with van der Waals surface area (Å²) in [6.07, 6.45) is 0.294. The molecule has 3 rings (SSSR count). The molecule has 0 aromatic heterocycles. The second-order valence-electron chi connectivity index (χ2n) is 5.61. The van der Waals surface area contributed by atoms with Crippen LogP contribution in [0.1, 0.15) is 5.56 Å². The molecular weight excluding hydrogens is 347 g/mol. The molecule has 1 amide bonds. The van der Waals surface area contributed by atoms with Crippen molar-refractivity contribution < 1.29 is 9.53 Å². The Morgan fingerprint density at radius 2 is 1.79 bits per heavy atom. The zero-order valence-electron chi connectivity index (χ0n) is 13.1. The maximum Gasteiger partial charge on any atom is 0.228 e. The monoisotopic (exact) mass is 364 g/mol. The first-order valence-electron chi connectivity index (χ1n) is 7.78. The molecule has 1 heterocycles. The molecule has 0 atom stereocenters. The number of carbonyl (C=O) groups excluding carboxylic acids is 1. The molecule has 0 radical (unpaired) electrons. The lowest BCUT2D eigenvalue weighted by molar-refractivity contribution is -0.115. The van der Waals surface area contributed by atoms with Crippen LogP contribution in [0.25, 0.3) is 0 Å². The van der Waals surface area contributed by atoms with Gasteiger partial charge in [0.2, 0.25) is 5.91 Å². The van der Waals surface area contributed by atoms with Crippen molar-refractivity contribution in [1.29, 1.82) is 0 Å². The molecule has 0 unspecified atom stereocenters. The van der Waals surface area contributed by atoms with Crippen LogP contribution in [0.2, 0.25) is 10.0 Å². The Labute approximate surface area is 151 Å². The van der Waals surface area contributed by atoms with Crippen LogP contribution in [-0.4, -0.2) is 32.2 Å². The highest BCUT2D eigenvalue weighted by Gasteiger charge is 2.12. The number of hydrogen-bond acceptors (Lipinski definition) is 3. The summed E-state index contributed by atoms with van der Waals surface area (Å²) in [5, 5.41) is 3.78. The predicted molar refractivity (Wildman–Crippen MR) is 98.3 cm³/mol. The molecule has 24 heavy (non-hydrogen) atoms.